The van der Waals surface area contributed by atoms with Crippen molar-refractivity contribution >= 4 is 10.9 Å². The van der Waals surface area contributed by atoms with Crippen LogP contribution in [0.15, 0.2) is 18.2 Å². The van der Waals surface area contributed by atoms with Crippen LogP contribution >= 0.6 is 0 Å². The summed E-state index contributed by atoms with van der Waals surface area (Å²) >= 11 is 0. The van der Waals surface area contributed by atoms with E-state index in [1.807, 2.05) is 10.6 Å². The Morgan fingerprint density at radius 3 is 2.44 bits per heavy atom. The average Bonchev–Trinajstić information content (AvgIpc) is 2.58. The van der Waals surface area contributed by atoms with E-state index in [1.54, 1.807) is 13.0 Å². The summed E-state index contributed by atoms with van der Waals surface area (Å²) in [6.07, 6.45) is 0. The lowest BCUT2D eigenvalue weighted by Crippen LogP contribution is -2.18. The van der Waals surface area contributed by atoms with Crippen LogP contribution in [0.25, 0.3) is 10.9 Å². The largest absolute Gasteiger partial charge is 0.395 e. The molecule has 0 saturated heterocycles. The molecular weight excluding hydrogens is 229 g/mol. The van der Waals surface area contributed by atoms with Crippen LogP contribution in [-0.4, -0.2) is 16.3 Å². The second-order valence-corrected chi connectivity index (χ2v) is 5.82. The fourth-order valence-corrected chi connectivity index (χ4v) is 2.36. The summed E-state index contributed by atoms with van der Waals surface area (Å²) in [5.74, 6) is -0.194. The van der Waals surface area contributed by atoms with Gasteiger partial charge in [0.25, 0.3) is 0 Å². The topological polar surface area (TPSA) is 25.2 Å². The van der Waals surface area contributed by atoms with Gasteiger partial charge < -0.3 is 9.67 Å². The minimum atomic E-state index is -0.194. The first-order valence-electron chi connectivity index (χ1n) is 6.25. The van der Waals surface area contributed by atoms with Crippen LogP contribution < -0.4 is 0 Å². The van der Waals surface area contributed by atoms with E-state index >= 15 is 0 Å². The standard InChI is InChI=1S/C15H20FNO/c1-10-7-11-8-14(15(2,3)4)17(5-6-18)13(11)9-12(10)16/h7-9,18H,5-6H2,1-4H3. The minimum absolute atomic E-state index is 0.0292. The first-order chi connectivity index (χ1) is 8.34. The monoisotopic (exact) mass is 249 g/mol. The third-order valence-electron chi connectivity index (χ3n) is 3.27. The van der Waals surface area contributed by atoms with Crippen LogP contribution in [0.2, 0.25) is 0 Å². The van der Waals surface area contributed by atoms with Gasteiger partial charge in [-0.3, -0.25) is 0 Å². The SMILES string of the molecule is Cc1cc2cc(C(C)(C)C)n(CCO)c2cc1F. The summed E-state index contributed by atoms with van der Waals surface area (Å²) in [5.41, 5.74) is 2.61. The lowest BCUT2D eigenvalue weighted by Gasteiger charge is -2.21. The maximum absolute atomic E-state index is 13.7. The Hall–Kier alpha value is -1.35. The molecule has 0 bridgehead atoms. The van der Waals surface area contributed by atoms with Gasteiger partial charge in [-0.05, 0) is 30.7 Å². The van der Waals surface area contributed by atoms with E-state index in [2.05, 4.69) is 26.8 Å². The normalized spacial score (nSPS) is 12.3. The van der Waals surface area contributed by atoms with Gasteiger partial charge >= 0.3 is 0 Å². The van der Waals surface area contributed by atoms with Crippen molar-refractivity contribution in [3.63, 3.8) is 0 Å². The van der Waals surface area contributed by atoms with Crippen molar-refractivity contribution in [2.24, 2.45) is 0 Å². The van der Waals surface area contributed by atoms with E-state index < -0.39 is 0 Å². The Bertz CT molecular complexity index is 578. The highest BCUT2D eigenvalue weighted by atomic mass is 19.1. The zero-order valence-corrected chi connectivity index (χ0v) is 11.4. The van der Waals surface area contributed by atoms with Gasteiger partial charge in [0.15, 0.2) is 0 Å². The number of aliphatic hydroxyl groups is 1. The molecule has 0 aliphatic rings. The van der Waals surface area contributed by atoms with Crippen LogP contribution in [0.5, 0.6) is 0 Å². The number of aryl methyl sites for hydroxylation is 1. The van der Waals surface area contributed by atoms with Crippen molar-refractivity contribution in [1.82, 2.24) is 4.57 Å². The maximum Gasteiger partial charge on any atom is 0.128 e. The van der Waals surface area contributed by atoms with Crippen LogP contribution in [-0.2, 0) is 12.0 Å². The molecule has 1 aromatic heterocycles. The Kier molecular flexibility index (Phi) is 3.20. The van der Waals surface area contributed by atoms with Crippen molar-refractivity contribution in [2.45, 2.75) is 39.7 Å². The van der Waals surface area contributed by atoms with E-state index in [1.165, 1.54) is 0 Å². The van der Waals surface area contributed by atoms with E-state index in [4.69, 9.17) is 0 Å². The molecule has 0 spiro atoms. The number of hydrogen-bond acceptors (Lipinski definition) is 1. The van der Waals surface area contributed by atoms with E-state index in [0.717, 1.165) is 16.6 Å². The molecule has 0 radical (unpaired) electrons. The van der Waals surface area contributed by atoms with E-state index in [0.29, 0.717) is 12.1 Å². The van der Waals surface area contributed by atoms with Crippen molar-refractivity contribution in [1.29, 1.82) is 0 Å². The number of hydrogen-bond donors (Lipinski definition) is 1. The van der Waals surface area contributed by atoms with Gasteiger partial charge in [0.2, 0.25) is 0 Å². The third kappa shape index (κ3) is 2.15. The zero-order valence-electron chi connectivity index (χ0n) is 11.4. The Morgan fingerprint density at radius 1 is 1.22 bits per heavy atom. The molecule has 98 valence electrons. The molecule has 3 heteroatoms. The van der Waals surface area contributed by atoms with Crippen LogP contribution in [0.3, 0.4) is 0 Å². The maximum atomic E-state index is 13.7. The van der Waals surface area contributed by atoms with Gasteiger partial charge in [0, 0.05) is 23.0 Å². The Morgan fingerprint density at radius 2 is 1.89 bits per heavy atom. The van der Waals surface area contributed by atoms with Gasteiger partial charge in [-0.2, -0.15) is 0 Å². The minimum Gasteiger partial charge on any atom is -0.395 e. The predicted molar refractivity (Wildman–Crippen MR) is 72.4 cm³/mol. The van der Waals surface area contributed by atoms with Crippen molar-refractivity contribution in [2.75, 3.05) is 6.61 Å². The molecule has 0 atom stereocenters. The number of nitrogens with zero attached hydrogens (tertiary/aromatic N) is 1. The van der Waals surface area contributed by atoms with Gasteiger partial charge in [-0.25, -0.2) is 4.39 Å². The lowest BCUT2D eigenvalue weighted by molar-refractivity contribution is 0.274. The highest BCUT2D eigenvalue weighted by molar-refractivity contribution is 5.82. The van der Waals surface area contributed by atoms with E-state index in [9.17, 15) is 9.50 Å². The van der Waals surface area contributed by atoms with Crippen molar-refractivity contribution in [3.05, 3.63) is 35.3 Å². The molecular formula is C15H20FNO. The highest BCUT2D eigenvalue weighted by Crippen LogP contribution is 2.30. The average molecular weight is 249 g/mol. The van der Waals surface area contributed by atoms with Crippen LogP contribution in [0, 0.1) is 12.7 Å². The quantitative estimate of drug-likeness (QED) is 0.867. The van der Waals surface area contributed by atoms with Crippen molar-refractivity contribution < 1.29 is 9.50 Å². The molecule has 0 aliphatic carbocycles. The molecule has 2 rings (SSSR count). The molecule has 0 fully saturated rings. The highest BCUT2D eigenvalue weighted by Gasteiger charge is 2.21. The molecule has 1 aromatic carbocycles. The molecule has 0 amide bonds. The van der Waals surface area contributed by atoms with Gasteiger partial charge in [0.05, 0.1) is 12.1 Å². The number of halogens is 1. The van der Waals surface area contributed by atoms with Crippen LogP contribution in [0.4, 0.5) is 4.39 Å². The summed E-state index contributed by atoms with van der Waals surface area (Å²) in [5, 5.41) is 10.2. The van der Waals surface area contributed by atoms with Crippen LogP contribution in [0.1, 0.15) is 32.0 Å². The number of fused-ring (bicyclic) bond motifs is 1. The number of aliphatic hydroxyl groups excluding tert-OH is 1. The Balaban J connectivity index is 2.75. The molecule has 0 unspecified atom stereocenters. The fraction of sp³-hybridized carbons (Fsp3) is 0.467. The number of aromatic nitrogens is 1. The van der Waals surface area contributed by atoms with Gasteiger partial charge in [-0.1, -0.05) is 20.8 Å². The molecule has 0 saturated carbocycles. The third-order valence-corrected chi connectivity index (χ3v) is 3.27. The summed E-state index contributed by atoms with van der Waals surface area (Å²) in [4.78, 5) is 0. The second kappa shape index (κ2) is 4.39. The Labute approximate surface area is 107 Å². The first-order valence-corrected chi connectivity index (χ1v) is 6.25. The van der Waals surface area contributed by atoms with Crippen molar-refractivity contribution in [3.8, 4) is 0 Å². The molecule has 1 heterocycles. The molecule has 2 aromatic rings. The zero-order chi connectivity index (χ0) is 13.5. The van der Waals surface area contributed by atoms with E-state index in [-0.39, 0.29) is 17.8 Å². The molecule has 2 nitrogen and oxygen atoms in total. The first kappa shape index (κ1) is 13.1. The molecule has 18 heavy (non-hydrogen) atoms. The molecule has 1 N–H and O–H groups in total. The molecule has 0 aliphatic heterocycles. The smallest absolute Gasteiger partial charge is 0.128 e. The summed E-state index contributed by atoms with van der Waals surface area (Å²) in [6, 6.07) is 5.53. The summed E-state index contributed by atoms with van der Waals surface area (Å²) in [6.45, 7) is 8.70. The van der Waals surface area contributed by atoms with Gasteiger partial charge in [-0.15, -0.1) is 0 Å². The lowest BCUT2D eigenvalue weighted by atomic mass is 9.92. The second-order valence-electron chi connectivity index (χ2n) is 5.82. The van der Waals surface area contributed by atoms with Gasteiger partial charge in [0.1, 0.15) is 5.82 Å². The predicted octanol–water partition coefficient (Wildman–Crippen LogP) is 3.38. The summed E-state index contributed by atoms with van der Waals surface area (Å²) < 4.78 is 15.7. The number of benzene rings is 1. The fourth-order valence-electron chi connectivity index (χ4n) is 2.36. The number of rotatable bonds is 2. The summed E-state index contributed by atoms with van der Waals surface area (Å²) in [7, 11) is 0.